The smallest absolute Gasteiger partial charge is 0.260 e. The molecule has 0 radical (unpaired) electrons. The fourth-order valence-corrected chi connectivity index (χ4v) is 3.74. The second-order valence-corrected chi connectivity index (χ2v) is 6.91. The summed E-state index contributed by atoms with van der Waals surface area (Å²) >= 11 is 0. The minimum absolute atomic E-state index is 0.0612. The molecule has 132 valence electrons. The fourth-order valence-electron chi connectivity index (χ4n) is 3.74. The van der Waals surface area contributed by atoms with Crippen LogP contribution in [-0.4, -0.2) is 54.5 Å². The Morgan fingerprint density at radius 2 is 1.88 bits per heavy atom. The van der Waals surface area contributed by atoms with Crippen LogP contribution in [0.15, 0.2) is 18.2 Å². The monoisotopic (exact) mass is 330 g/mol. The molecular weight excluding hydrogens is 300 g/mol. The lowest BCUT2D eigenvalue weighted by Gasteiger charge is -2.36. The molecule has 4 nitrogen and oxygen atoms in total. The summed E-state index contributed by atoms with van der Waals surface area (Å²) in [5.74, 6) is 0.887. The zero-order valence-electron chi connectivity index (χ0n) is 15.1. The van der Waals surface area contributed by atoms with Gasteiger partial charge in [-0.3, -0.25) is 9.69 Å². The Balaban J connectivity index is 1.58. The topological polar surface area (TPSA) is 32.8 Å². The van der Waals surface area contributed by atoms with Gasteiger partial charge in [0.05, 0.1) is 0 Å². The lowest BCUT2D eigenvalue weighted by Crippen LogP contribution is -2.41. The van der Waals surface area contributed by atoms with Crippen LogP contribution in [0.3, 0.4) is 0 Å². The highest BCUT2D eigenvalue weighted by Crippen LogP contribution is 2.28. The van der Waals surface area contributed by atoms with Crippen molar-refractivity contribution in [3.63, 3.8) is 0 Å². The Morgan fingerprint density at radius 3 is 2.50 bits per heavy atom. The largest absolute Gasteiger partial charge is 0.484 e. The molecule has 1 aliphatic carbocycles. The molecule has 1 aliphatic heterocycles. The fraction of sp³-hybridized carbons (Fsp3) is 0.650. The van der Waals surface area contributed by atoms with Gasteiger partial charge >= 0.3 is 0 Å². The van der Waals surface area contributed by atoms with E-state index in [0.717, 1.165) is 44.3 Å². The van der Waals surface area contributed by atoms with Gasteiger partial charge in [-0.2, -0.15) is 0 Å². The van der Waals surface area contributed by atoms with E-state index in [1.165, 1.54) is 36.9 Å². The van der Waals surface area contributed by atoms with Crippen molar-refractivity contribution in [3.8, 4) is 5.75 Å². The highest BCUT2D eigenvalue weighted by molar-refractivity contribution is 5.77. The van der Waals surface area contributed by atoms with Crippen LogP contribution in [0.25, 0.3) is 0 Å². The van der Waals surface area contributed by atoms with Gasteiger partial charge in [0, 0.05) is 32.2 Å². The molecule has 4 heteroatoms. The van der Waals surface area contributed by atoms with Crippen LogP contribution < -0.4 is 4.74 Å². The van der Waals surface area contributed by atoms with Gasteiger partial charge in [-0.05, 0) is 62.8 Å². The van der Waals surface area contributed by atoms with Gasteiger partial charge in [0.25, 0.3) is 5.91 Å². The standard InChI is InChI=1S/C20H30N2O2/c1-3-21(4-2)20(23)15-24-19-9-8-16-10-12-22(18-6-5-7-18)13-11-17(16)14-19/h8-9,14,18H,3-7,10-13,15H2,1-2H3. The van der Waals surface area contributed by atoms with E-state index in [1.807, 2.05) is 19.9 Å². The van der Waals surface area contributed by atoms with E-state index >= 15 is 0 Å². The van der Waals surface area contributed by atoms with Crippen LogP contribution in [0.4, 0.5) is 0 Å². The first-order valence-electron chi connectivity index (χ1n) is 9.47. The molecule has 0 saturated heterocycles. The van der Waals surface area contributed by atoms with Crippen LogP contribution in [0.1, 0.15) is 44.2 Å². The first kappa shape index (κ1) is 17.3. The lowest BCUT2D eigenvalue weighted by molar-refractivity contribution is -0.132. The second kappa shape index (κ2) is 8.02. The van der Waals surface area contributed by atoms with Gasteiger partial charge in [0.2, 0.25) is 0 Å². The number of nitrogens with zero attached hydrogens (tertiary/aromatic N) is 2. The maximum Gasteiger partial charge on any atom is 0.260 e. The van der Waals surface area contributed by atoms with Crippen molar-refractivity contribution in [2.24, 2.45) is 0 Å². The Bertz CT molecular complexity index is 565. The number of hydrogen-bond acceptors (Lipinski definition) is 3. The summed E-state index contributed by atoms with van der Waals surface area (Å²) in [6.45, 7) is 7.93. The van der Waals surface area contributed by atoms with E-state index in [0.29, 0.717) is 0 Å². The number of hydrogen-bond donors (Lipinski definition) is 0. The molecule has 0 atom stereocenters. The number of carbonyl (C=O) groups excluding carboxylic acids is 1. The molecule has 0 N–H and O–H groups in total. The molecule has 1 fully saturated rings. The molecule has 1 heterocycles. The van der Waals surface area contributed by atoms with Crippen molar-refractivity contribution in [3.05, 3.63) is 29.3 Å². The Labute approximate surface area is 145 Å². The van der Waals surface area contributed by atoms with Gasteiger partial charge < -0.3 is 9.64 Å². The van der Waals surface area contributed by atoms with Crippen molar-refractivity contribution in [2.75, 3.05) is 32.8 Å². The molecular formula is C20H30N2O2. The summed E-state index contributed by atoms with van der Waals surface area (Å²) < 4.78 is 5.76. The average molecular weight is 330 g/mol. The lowest BCUT2D eigenvalue weighted by atomic mass is 9.91. The predicted molar refractivity (Wildman–Crippen MR) is 96.5 cm³/mol. The van der Waals surface area contributed by atoms with E-state index in [9.17, 15) is 4.79 Å². The normalized spacial score (nSPS) is 18.4. The third-order valence-corrected chi connectivity index (χ3v) is 5.58. The Kier molecular flexibility index (Phi) is 5.77. The van der Waals surface area contributed by atoms with Crippen molar-refractivity contribution < 1.29 is 9.53 Å². The van der Waals surface area contributed by atoms with Crippen molar-refractivity contribution in [1.82, 2.24) is 9.80 Å². The average Bonchev–Trinajstić information content (AvgIpc) is 2.75. The van der Waals surface area contributed by atoms with Crippen LogP contribution in [0.5, 0.6) is 5.75 Å². The summed E-state index contributed by atoms with van der Waals surface area (Å²) in [5, 5.41) is 0. The third kappa shape index (κ3) is 3.92. The molecule has 24 heavy (non-hydrogen) atoms. The highest BCUT2D eigenvalue weighted by atomic mass is 16.5. The van der Waals surface area contributed by atoms with Gasteiger partial charge in [-0.15, -0.1) is 0 Å². The summed E-state index contributed by atoms with van der Waals surface area (Å²) in [6, 6.07) is 7.18. The number of ether oxygens (including phenoxy) is 1. The van der Waals surface area contributed by atoms with Crippen LogP contribution in [0.2, 0.25) is 0 Å². The summed E-state index contributed by atoms with van der Waals surface area (Å²) in [5.41, 5.74) is 2.84. The molecule has 1 saturated carbocycles. The molecule has 0 aromatic heterocycles. The molecule has 0 unspecified atom stereocenters. The summed E-state index contributed by atoms with van der Waals surface area (Å²) in [4.78, 5) is 16.5. The molecule has 1 aromatic rings. The molecule has 1 amide bonds. The summed E-state index contributed by atoms with van der Waals surface area (Å²) in [6.07, 6.45) is 6.36. The molecule has 2 aliphatic rings. The minimum Gasteiger partial charge on any atom is -0.484 e. The number of carbonyl (C=O) groups is 1. The van der Waals surface area contributed by atoms with Gasteiger partial charge in [-0.1, -0.05) is 12.5 Å². The Hall–Kier alpha value is -1.55. The zero-order chi connectivity index (χ0) is 16.9. The maximum atomic E-state index is 12.1. The maximum absolute atomic E-state index is 12.1. The molecule has 0 bridgehead atoms. The Morgan fingerprint density at radius 1 is 1.17 bits per heavy atom. The number of benzene rings is 1. The van der Waals surface area contributed by atoms with Gasteiger partial charge in [0.15, 0.2) is 6.61 Å². The molecule has 0 spiro atoms. The van der Waals surface area contributed by atoms with E-state index < -0.39 is 0 Å². The van der Waals surface area contributed by atoms with E-state index in [4.69, 9.17) is 4.74 Å². The zero-order valence-corrected chi connectivity index (χ0v) is 15.1. The van der Waals surface area contributed by atoms with Crippen LogP contribution in [0, 0.1) is 0 Å². The van der Waals surface area contributed by atoms with Gasteiger partial charge in [0.1, 0.15) is 5.75 Å². The summed E-state index contributed by atoms with van der Waals surface area (Å²) in [7, 11) is 0. The molecule has 3 rings (SSSR count). The van der Waals surface area contributed by atoms with Crippen molar-refractivity contribution in [2.45, 2.75) is 52.0 Å². The number of amides is 1. The molecule has 1 aromatic carbocycles. The van der Waals surface area contributed by atoms with E-state index in [-0.39, 0.29) is 12.5 Å². The first-order valence-corrected chi connectivity index (χ1v) is 9.47. The van der Waals surface area contributed by atoms with E-state index in [2.05, 4.69) is 17.0 Å². The van der Waals surface area contributed by atoms with Gasteiger partial charge in [-0.25, -0.2) is 0 Å². The quantitative estimate of drug-likeness (QED) is 0.804. The highest BCUT2D eigenvalue weighted by Gasteiger charge is 2.26. The van der Waals surface area contributed by atoms with Crippen LogP contribution >= 0.6 is 0 Å². The predicted octanol–water partition coefficient (Wildman–Crippen LogP) is 2.89. The third-order valence-electron chi connectivity index (χ3n) is 5.58. The van der Waals surface area contributed by atoms with E-state index in [1.54, 1.807) is 4.90 Å². The number of rotatable bonds is 6. The number of likely N-dealkylation sites (N-methyl/N-ethyl adjacent to an activating group) is 1. The number of fused-ring (bicyclic) bond motifs is 1. The minimum atomic E-state index is 0.0612. The van der Waals surface area contributed by atoms with Crippen molar-refractivity contribution in [1.29, 1.82) is 0 Å². The SMILES string of the molecule is CCN(CC)C(=O)COc1ccc2c(c1)CCN(C1CCC1)CC2. The van der Waals surface area contributed by atoms with Crippen LogP contribution in [-0.2, 0) is 17.6 Å². The first-order chi connectivity index (χ1) is 11.7. The second-order valence-electron chi connectivity index (χ2n) is 6.91. The van der Waals surface area contributed by atoms with Crippen molar-refractivity contribution >= 4 is 5.91 Å².